The third-order valence-corrected chi connectivity index (χ3v) is 3.70. The van der Waals surface area contributed by atoms with Crippen LogP contribution in [0.25, 0.3) is 0 Å². The molecule has 0 spiro atoms. The van der Waals surface area contributed by atoms with E-state index in [2.05, 4.69) is 10.3 Å². The summed E-state index contributed by atoms with van der Waals surface area (Å²) >= 11 is 0. The van der Waals surface area contributed by atoms with E-state index >= 15 is 0 Å². The molecule has 1 atom stereocenters. The minimum atomic E-state index is -0.240. The van der Waals surface area contributed by atoms with Crippen molar-refractivity contribution in [1.82, 2.24) is 24.7 Å². The largest absolute Gasteiger partial charge is 0.341 e. The molecule has 1 unspecified atom stereocenters. The molecule has 116 valence electrons. The van der Waals surface area contributed by atoms with Gasteiger partial charge in [0.2, 0.25) is 5.91 Å². The number of urea groups is 1. The van der Waals surface area contributed by atoms with Crippen LogP contribution < -0.4 is 5.32 Å². The fourth-order valence-corrected chi connectivity index (χ4v) is 2.55. The number of imidazole rings is 1. The smallest absolute Gasteiger partial charge is 0.317 e. The number of carbonyl (C=O) groups excluding carboxylic acids is 2. The molecule has 1 N–H and O–H groups in total. The van der Waals surface area contributed by atoms with Crippen LogP contribution in [0.4, 0.5) is 4.79 Å². The van der Waals surface area contributed by atoms with E-state index in [9.17, 15) is 9.59 Å². The van der Waals surface area contributed by atoms with Crippen LogP contribution in [0.2, 0.25) is 0 Å². The van der Waals surface area contributed by atoms with E-state index in [0.29, 0.717) is 5.92 Å². The lowest BCUT2D eigenvalue weighted by Crippen LogP contribution is -2.47. The second kappa shape index (κ2) is 7.10. The molecule has 1 aromatic heterocycles. The average Bonchev–Trinajstić information content (AvgIpc) is 2.97. The summed E-state index contributed by atoms with van der Waals surface area (Å²) in [6.45, 7) is 2.47. The van der Waals surface area contributed by atoms with E-state index in [1.807, 2.05) is 15.7 Å². The van der Waals surface area contributed by atoms with E-state index < -0.39 is 0 Å². The number of aromatic nitrogens is 2. The highest BCUT2D eigenvalue weighted by molar-refractivity contribution is 5.83. The van der Waals surface area contributed by atoms with Crippen LogP contribution in [0.1, 0.15) is 12.8 Å². The zero-order valence-electron chi connectivity index (χ0n) is 12.7. The first-order valence-corrected chi connectivity index (χ1v) is 7.25. The van der Waals surface area contributed by atoms with Gasteiger partial charge in [0.25, 0.3) is 0 Å². The summed E-state index contributed by atoms with van der Waals surface area (Å²) in [5.74, 6) is 0.432. The van der Waals surface area contributed by atoms with Gasteiger partial charge in [-0.25, -0.2) is 9.78 Å². The fraction of sp³-hybridized carbons (Fsp3) is 0.643. The first kappa shape index (κ1) is 15.3. The van der Waals surface area contributed by atoms with E-state index in [1.165, 1.54) is 4.90 Å². The number of carbonyl (C=O) groups is 2. The predicted octanol–water partition coefficient (Wildman–Crippen LogP) is 0.393. The highest BCUT2D eigenvalue weighted by atomic mass is 16.2. The lowest BCUT2D eigenvalue weighted by molar-refractivity contribution is -0.132. The summed E-state index contributed by atoms with van der Waals surface area (Å²) in [4.78, 5) is 30.9. The normalized spacial score (nSPS) is 18.4. The van der Waals surface area contributed by atoms with Crippen molar-refractivity contribution in [2.24, 2.45) is 5.92 Å². The van der Waals surface area contributed by atoms with Crippen LogP contribution in [-0.2, 0) is 11.3 Å². The van der Waals surface area contributed by atoms with Gasteiger partial charge in [-0.15, -0.1) is 0 Å². The van der Waals surface area contributed by atoms with Crippen molar-refractivity contribution in [2.45, 2.75) is 19.4 Å². The monoisotopic (exact) mass is 293 g/mol. The van der Waals surface area contributed by atoms with Crippen LogP contribution in [0.3, 0.4) is 0 Å². The molecule has 0 aliphatic carbocycles. The first-order chi connectivity index (χ1) is 10.1. The summed E-state index contributed by atoms with van der Waals surface area (Å²) in [5, 5.41) is 2.62. The quantitative estimate of drug-likeness (QED) is 0.873. The van der Waals surface area contributed by atoms with E-state index in [-0.39, 0.29) is 18.5 Å². The predicted molar refractivity (Wildman–Crippen MR) is 78.6 cm³/mol. The molecule has 1 aromatic rings. The van der Waals surface area contributed by atoms with Crippen molar-refractivity contribution in [2.75, 3.05) is 33.7 Å². The third kappa shape index (κ3) is 4.47. The third-order valence-electron chi connectivity index (χ3n) is 3.70. The average molecular weight is 293 g/mol. The van der Waals surface area contributed by atoms with Gasteiger partial charge in [-0.3, -0.25) is 4.79 Å². The number of nitrogens with zero attached hydrogens (tertiary/aromatic N) is 4. The van der Waals surface area contributed by atoms with Gasteiger partial charge in [-0.1, -0.05) is 0 Å². The topological polar surface area (TPSA) is 70.5 Å². The molecular formula is C14H23N5O2. The SMILES string of the molecule is CN(C)C(=O)NCC(=O)N1CCCC(Cn2ccnc2)C1. The van der Waals surface area contributed by atoms with Crippen LogP contribution in [-0.4, -0.2) is 65.0 Å². The van der Waals surface area contributed by atoms with Gasteiger partial charge in [-0.05, 0) is 18.8 Å². The molecule has 1 saturated heterocycles. The Labute approximate surface area is 124 Å². The van der Waals surface area contributed by atoms with Crippen molar-refractivity contribution in [1.29, 1.82) is 0 Å². The van der Waals surface area contributed by atoms with E-state index in [4.69, 9.17) is 0 Å². The molecule has 2 rings (SSSR count). The van der Waals surface area contributed by atoms with Crippen molar-refractivity contribution in [3.8, 4) is 0 Å². The second-order valence-electron chi connectivity index (χ2n) is 5.66. The molecule has 3 amide bonds. The minimum Gasteiger partial charge on any atom is -0.341 e. The van der Waals surface area contributed by atoms with Gasteiger partial charge in [0.15, 0.2) is 0 Å². The summed E-state index contributed by atoms with van der Waals surface area (Å²) in [5.41, 5.74) is 0. The van der Waals surface area contributed by atoms with Crippen molar-refractivity contribution >= 4 is 11.9 Å². The summed E-state index contributed by atoms with van der Waals surface area (Å²) in [7, 11) is 3.31. The number of likely N-dealkylation sites (tertiary alicyclic amines) is 1. The van der Waals surface area contributed by atoms with Gasteiger partial charge in [-0.2, -0.15) is 0 Å². The Balaban J connectivity index is 1.80. The molecule has 7 heteroatoms. The summed E-state index contributed by atoms with van der Waals surface area (Å²) in [6, 6.07) is -0.240. The Morgan fingerprint density at radius 2 is 2.24 bits per heavy atom. The van der Waals surface area contributed by atoms with Crippen LogP contribution in [0.5, 0.6) is 0 Å². The fourth-order valence-electron chi connectivity index (χ4n) is 2.55. The number of rotatable bonds is 4. The van der Waals surface area contributed by atoms with Crippen molar-refractivity contribution < 1.29 is 9.59 Å². The van der Waals surface area contributed by atoms with E-state index in [0.717, 1.165) is 32.5 Å². The number of amides is 3. The van der Waals surface area contributed by atoms with Gasteiger partial charge < -0.3 is 19.7 Å². The molecule has 0 saturated carbocycles. The summed E-state index contributed by atoms with van der Waals surface area (Å²) in [6.07, 6.45) is 7.64. The Morgan fingerprint density at radius 3 is 2.90 bits per heavy atom. The number of nitrogens with one attached hydrogen (secondary N) is 1. The standard InChI is InChI=1S/C14H23N5O2/c1-17(2)14(21)16-8-13(20)19-6-3-4-12(10-19)9-18-7-5-15-11-18/h5,7,11-12H,3-4,6,8-10H2,1-2H3,(H,16,21). The van der Waals surface area contributed by atoms with Gasteiger partial charge in [0, 0.05) is 46.1 Å². The van der Waals surface area contributed by atoms with Gasteiger partial charge in [0.05, 0.1) is 12.9 Å². The molecule has 21 heavy (non-hydrogen) atoms. The maximum absolute atomic E-state index is 12.1. The highest BCUT2D eigenvalue weighted by Gasteiger charge is 2.24. The molecular weight excluding hydrogens is 270 g/mol. The molecule has 1 aliphatic heterocycles. The first-order valence-electron chi connectivity index (χ1n) is 7.25. The maximum Gasteiger partial charge on any atom is 0.317 e. The molecule has 1 aliphatic rings. The molecule has 0 aromatic carbocycles. The Hall–Kier alpha value is -2.05. The van der Waals surface area contributed by atoms with Crippen LogP contribution in [0.15, 0.2) is 18.7 Å². The lowest BCUT2D eigenvalue weighted by atomic mass is 9.98. The second-order valence-corrected chi connectivity index (χ2v) is 5.66. The van der Waals surface area contributed by atoms with Gasteiger partial charge >= 0.3 is 6.03 Å². The molecule has 2 heterocycles. The summed E-state index contributed by atoms with van der Waals surface area (Å²) < 4.78 is 2.05. The number of piperidine rings is 1. The maximum atomic E-state index is 12.1. The van der Waals surface area contributed by atoms with E-state index in [1.54, 1.807) is 26.6 Å². The highest BCUT2D eigenvalue weighted by Crippen LogP contribution is 2.18. The molecule has 7 nitrogen and oxygen atoms in total. The molecule has 1 fully saturated rings. The number of hydrogen-bond donors (Lipinski definition) is 1. The Kier molecular flexibility index (Phi) is 5.19. The Morgan fingerprint density at radius 1 is 1.43 bits per heavy atom. The van der Waals surface area contributed by atoms with Crippen LogP contribution in [0, 0.1) is 5.92 Å². The Bertz CT molecular complexity index is 472. The molecule has 0 radical (unpaired) electrons. The number of hydrogen-bond acceptors (Lipinski definition) is 3. The van der Waals surface area contributed by atoms with Crippen LogP contribution >= 0.6 is 0 Å². The molecule has 0 bridgehead atoms. The van der Waals surface area contributed by atoms with Gasteiger partial charge in [0.1, 0.15) is 0 Å². The lowest BCUT2D eigenvalue weighted by Gasteiger charge is -2.33. The van der Waals surface area contributed by atoms with Crippen molar-refractivity contribution in [3.05, 3.63) is 18.7 Å². The zero-order chi connectivity index (χ0) is 15.2. The zero-order valence-corrected chi connectivity index (χ0v) is 12.7. The van der Waals surface area contributed by atoms with Crippen molar-refractivity contribution in [3.63, 3.8) is 0 Å². The minimum absolute atomic E-state index is 0.0134.